The molecule has 0 saturated carbocycles. The molecule has 0 N–H and O–H groups in total. The highest BCUT2D eigenvalue weighted by atomic mass is 16.5. The molecule has 0 aliphatic heterocycles. The SMILES string of the molecule is CC.CC.CCCCCCCn1cc(COCCOCCC(=O)C(C)C)nn1. The number of hydrogen-bond donors (Lipinski definition) is 0. The number of unbranched alkanes of at least 4 members (excludes halogenated alkanes) is 4. The Morgan fingerprint density at radius 2 is 1.64 bits per heavy atom. The number of ether oxygens (including phenoxy) is 2. The van der Waals surface area contributed by atoms with E-state index in [1.54, 1.807) is 0 Å². The maximum absolute atomic E-state index is 11.4. The van der Waals surface area contributed by atoms with Crippen LogP contribution < -0.4 is 0 Å². The molecule has 1 aromatic heterocycles. The second-order valence-corrected chi connectivity index (χ2v) is 6.42. The van der Waals surface area contributed by atoms with Gasteiger partial charge in [-0.1, -0.05) is 79.4 Å². The molecule has 6 nitrogen and oxygen atoms in total. The summed E-state index contributed by atoms with van der Waals surface area (Å²) in [6, 6.07) is 0. The van der Waals surface area contributed by atoms with Crippen LogP contribution in [0, 0.1) is 5.92 Å². The van der Waals surface area contributed by atoms with Crippen molar-refractivity contribution < 1.29 is 14.3 Å². The lowest BCUT2D eigenvalue weighted by molar-refractivity contribution is -0.123. The van der Waals surface area contributed by atoms with Crippen LogP contribution in [-0.4, -0.2) is 40.6 Å². The van der Waals surface area contributed by atoms with Crippen LogP contribution in [0.4, 0.5) is 0 Å². The number of nitrogens with zero attached hydrogens (tertiary/aromatic N) is 3. The number of aromatic nitrogens is 3. The molecule has 1 aromatic rings. The summed E-state index contributed by atoms with van der Waals surface area (Å²) >= 11 is 0. The molecule has 166 valence electrons. The molecular formula is C22H45N3O3. The summed E-state index contributed by atoms with van der Waals surface area (Å²) < 4.78 is 12.8. The highest BCUT2D eigenvalue weighted by Crippen LogP contribution is 2.04. The zero-order valence-electron chi connectivity index (χ0n) is 19.5. The van der Waals surface area contributed by atoms with E-state index in [-0.39, 0.29) is 11.7 Å². The van der Waals surface area contributed by atoms with Crippen molar-refractivity contribution in [2.75, 3.05) is 19.8 Å². The van der Waals surface area contributed by atoms with Crippen LogP contribution in [-0.2, 0) is 27.4 Å². The molecule has 0 saturated heterocycles. The minimum Gasteiger partial charge on any atom is -0.379 e. The standard InChI is InChI=1S/C18H33N3O3.2C2H6/c1-4-5-6-7-8-10-21-14-17(19-20-21)15-24-13-12-23-11-9-18(22)16(2)3;2*1-2/h14,16H,4-13,15H2,1-3H3;2*1-2H3. The Hall–Kier alpha value is -1.27. The first-order valence-electron chi connectivity index (χ1n) is 11.2. The minimum atomic E-state index is 0.0825. The lowest BCUT2D eigenvalue weighted by Gasteiger charge is -2.06. The number of hydrogen-bond acceptors (Lipinski definition) is 5. The summed E-state index contributed by atoms with van der Waals surface area (Å²) in [4.78, 5) is 11.4. The van der Waals surface area contributed by atoms with E-state index < -0.39 is 0 Å². The normalized spacial score (nSPS) is 10.1. The number of carbonyl (C=O) groups excluding carboxylic acids is 1. The number of Topliss-reactive ketones (excluding diaryl/α,β-unsaturated/α-hetero) is 1. The van der Waals surface area contributed by atoms with Crippen molar-refractivity contribution in [3.8, 4) is 0 Å². The van der Waals surface area contributed by atoms with E-state index in [0.29, 0.717) is 32.8 Å². The lowest BCUT2D eigenvalue weighted by Crippen LogP contribution is -2.12. The first-order valence-corrected chi connectivity index (χ1v) is 11.2. The van der Waals surface area contributed by atoms with Gasteiger partial charge in [0.1, 0.15) is 11.5 Å². The third-order valence-electron chi connectivity index (χ3n) is 3.84. The number of rotatable bonds is 15. The Morgan fingerprint density at radius 3 is 2.29 bits per heavy atom. The van der Waals surface area contributed by atoms with Crippen molar-refractivity contribution >= 4 is 5.78 Å². The molecule has 0 unspecified atom stereocenters. The van der Waals surface area contributed by atoms with Crippen molar-refractivity contribution in [3.63, 3.8) is 0 Å². The van der Waals surface area contributed by atoms with Gasteiger partial charge in [-0.05, 0) is 6.42 Å². The van der Waals surface area contributed by atoms with E-state index in [9.17, 15) is 4.79 Å². The van der Waals surface area contributed by atoms with Crippen molar-refractivity contribution in [3.05, 3.63) is 11.9 Å². The van der Waals surface area contributed by atoms with Gasteiger partial charge in [-0.25, -0.2) is 0 Å². The molecule has 0 aliphatic rings. The quantitative estimate of drug-likeness (QED) is 0.367. The molecule has 28 heavy (non-hydrogen) atoms. The predicted octanol–water partition coefficient (Wildman–Crippen LogP) is 5.45. The first kappa shape index (κ1) is 28.9. The summed E-state index contributed by atoms with van der Waals surface area (Å²) in [7, 11) is 0. The fraction of sp³-hybridized carbons (Fsp3) is 0.864. The number of aryl methyl sites for hydroxylation is 1. The smallest absolute Gasteiger partial charge is 0.137 e. The fourth-order valence-corrected chi connectivity index (χ4v) is 2.25. The van der Waals surface area contributed by atoms with Crippen LogP contribution in [0.15, 0.2) is 6.20 Å². The second-order valence-electron chi connectivity index (χ2n) is 6.42. The average molecular weight is 400 g/mol. The van der Waals surface area contributed by atoms with Crippen molar-refractivity contribution in [1.82, 2.24) is 15.0 Å². The molecule has 0 bridgehead atoms. The van der Waals surface area contributed by atoms with Crippen LogP contribution in [0.5, 0.6) is 0 Å². The minimum absolute atomic E-state index is 0.0825. The maximum atomic E-state index is 11.4. The maximum Gasteiger partial charge on any atom is 0.137 e. The van der Waals surface area contributed by atoms with Crippen molar-refractivity contribution in [2.24, 2.45) is 5.92 Å². The highest BCUT2D eigenvalue weighted by molar-refractivity contribution is 5.80. The van der Waals surface area contributed by atoms with Crippen LogP contribution >= 0.6 is 0 Å². The van der Waals surface area contributed by atoms with E-state index >= 15 is 0 Å². The molecule has 0 amide bonds. The zero-order chi connectivity index (χ0) is 21.6. The Labute approximate surface area is 173 Å². The number of carbonyl (C=O) groups is 1. The monoisotopic (exact) mass is 399 g/mol. The second kappa shape index (κ2) is 22.0. The Bertz CT molecular complexity index is 448. The molecule has 0 aliphatic carbocycles. The summed E-state index contributed by atoms with van der Waals surface area (Å²) in [5.41, 5.74) is 0.846. The zero-order valence-corrected chi connectivity index (χ0v) is 19.5. The van der Waals surface area contributed by atoms with Gasteiger partial charge in [0, 0.05) is 18.9 Å². The third-order valence-corrected chi connectivity index (χ3v) is 3.84. The van der Waals surface area contributed by atoms with E-state index in [1.807, 2.05) is 52.4 Å². The van der Waals surface area contributed by atoms with Crippen LogP contribution in [0.3, 0.4) is 0 Å². The van der Waals surface area contributed by atoms with Gasteiger partial charge in [0.25, 0.3) is 0 Å². The molecule has 0 radical (unpaired) electrons. The third kappa shape index (κ3) is 16.9. The topological polar surface area (TPSA) is 66.2 Å². The van der Waals surface area contributed by atoms with Crippen LogP contribution in [0.25, 0.3) is 0 Å². The van der Waals surface area contributed by atoms with Gasteiger partial charge < -0.3 is 9.47 Å². The molecule has 6 heteroatoms. The molecule has 0 aromatic carbocycles. The van der Waals surface area contributed by atoms with Crippen LogP contribution in [0.1, 0.15) is 92.7 Å². The first-order chi connectivity index (χ1) is 13.6. The van der Waals surface area contributed by atoms with Gasteiger partial charge in [0.05, 0.1) is 32.6 Å². The Balaban J connectivity index is 0. The van der Waals surface area contributed by atoms with E-state index in [2.05, 4.69) is 17.2 Å². The van der Waals surface area contributed by atoms with Gasteiger partial charge in [-0.3, -0.25) is 9.48 Å². The van der Waals surface area contributed by atoms with E-state index in [4.69, 9.17) is 9.47 Å². The Morgan fingerprint density at radius 1 is 1.00 bits per heavy atom. The van der Waals surface area contributed by atoms with E-state index in [0.717, 1.165) is 18.7 Å². The summed E-state index contributed by atoms with van der Waals surface area (Å²) in [5.74, 6) is 0.321. The predicted molar refractivity (Wildman–Crippen MR) is 116 cm³/mol. The fourth-order valence-electron chi connectivity index (χ4n) is 2.25. The van der Waals surface area contributed by atoms with Crippen molar-refractivity contribution in [1.29, 1.82) is 0 Å². The Kier molecular flexibility index (Phi) is 22.8. The summed E-state index contributed by atoms with van der Waals surface area (Å²) in [6.45, 7) is 16.9. The van der Waals surface area contributed by atoms with E-state index in [1.165, 1.54) is 25.7 Å². The molecule has 0 fully saturated rings. The summed E-state index contributed by atoms with van der Waals surface area (Å²) in [5, 5.41) is 8.23. The molecule has 0 spiro atoms. The van der Waals surface area contributed by atoms with Crippen LogP contribution in [0.2, 0.25) is 0 Å². The average Bonchev–Trinajstić information content (AvgIpc) is 3.17. The largest absolute Gasteiger partial charge is 0.379 e. The van der Waals surface area contributed by atoms with Gasteiger partial charge in [0.2, 0.25) is 0 Å². The highest BCUT2D eigenvalue weighted by Gasteiger charge is 2.06. The molecule has 1 rings (SSSR count). The molecule has 0 atom stereocenters. The van der Waals surface area contributed by atoms with Gasteiger partial charge >= 0.3 is 0 Å². The number of ketones is 1. The van der Waals surface area contributed by atoms with Gasteiger partial charge in [0.15, 0.2) is 0 Å². The van der Waals surface area contributed by atoms with Crippen molar-refractivity contribution in [2.45, 2.75) is 100 Å². The lowest BCUT2D eigenvalue weighted by atomic mass is 10.1. The van der Waals surface area contributed by atoms with Gasteiger partial charge in [-0.2, -0.15) is 0 Å². The molecule has 1 heterocycles. The molecular weight excluding hydrogens is 354 g/mol. The van der Waals surface area contributed by atoms with Gasteiger partial charge in [-0.15, -0.1) is 5.10 Å². The summed E-state index contributed by atoms with van der Waals surface area (Å²) in [6.07, 6.45) is 8.69.